The Morgan fingerprint density at radius 1 is 1.28 bits per heavy atom. The van der Waals surface area contributed by atoms with E-state index in [1.807, 2.05) is 0 Å². The maximum absolute atomic E-state index is 7.11. The highest BCUT2D eigenvalue weighted by atomic mass is 79.9. The molecule has 0 aliphatic carbocycles. The van der Waals surface area contributed by atoms with Gasteiger partial charge in [0.05, 0.1) is 0 Å². The molecule has 0 unspecified atom stereocenters. The molecule has 1 fully saturated rings. The average Bonchev–Trinajstić information content (AvgIpc) is 2.20. The van der Waals surface area contributed by atoms with Crippen molar-refractivity contribution in [1.29, 1.82) is 5.41 Å². The van der Waals surface area contributed by atoms with Gasteiger partial charge in [-0.3, -0.25) is 10.4 Å². The third-order valence-corrected chi connectivity index (χ3v) is 3.06. The van der Waals surface area contributed by atoms with E-state index < -0.39 is 0 Å². The smallest absolute Gasteiger partial charge is 0.202 e. The fourth-order valence-corrected chi connectivity index (χ4v) is 1.87. The number of piperidine rings is 1. The van der Waals surface area contributed by atoms with Crippen LogP contribution in [0.4, 0.5) is 0 Å². The number of nitrogens with zero attached hydrogens (tertiary/aromatic N) is 2. The average molecular weight is 456 g/mol. The summed E-state index contributed by atoms with van der Waals surface area (Å²) >= 11 is 0. The van der Waals surface area contributed by atoms with Gasteiger partial charge in [-0.25, -0.2) is 5.84 Å². The van der Waals surface area contributed by atoms with Gasteiger partial charge in [0, 0.05) is 6.54 Å². The quantitative estimate of drug-likeness (QED) is 0.262. The Kier molecular flexibility index (Phi) is 16.7. The SMILES string of the molecule is Br.Br.Br.CC1CCN(CCCN(N)C(=N)N)CC1. The van der Waals surface area contributed by atoms with Crippen LogP contribution in [0.15, 0.2) is 0 Å². The van der Waals surface area contributed by atoms with Crippen LogP contribution in [0.3, 0.4) is 0 Å². The van der Waals surface area contributed by atoms with Gasteiger partial charge in [0.2, 0.25) is 5.96 Å². The zero-order valence-corrected chi connectivity index (χ0v) is 15.9. The maximum atomic E-state index is 7.11. The lowest BCUT2D eigenvalue weighted by atomic mass is 9.99. The van der Waals surface area contributed by atoms with Crippen molar-refractivity contribution in [2.45, 2.75) is 26.2 Å². The first kappa shape index (κ1) is 23.7. The van der Waals surface area contributed by atoms with Gasteiger partial charge in [-0.15, -0.1) is 50.9 Å². The van der Waals surface area contributed by atoms with Crippen LogP contribution in [0.5, 0.6) is 0 Å². The lowest BCUT2D eigenvalue weighted by molar-refractivity contribution is 0.186. The Morgan fingerprint density at radius 2 is 1.78 bits per heavy atom. The Morgan fingerprint density at radius 3 is 2.22 bits per heavy atom. The summed E-state index contributed by atoms with van der Waals surface area (Å²) in [6.07, 6.45) is 3.59. The molecule has 1 saturated heterocycles. The van der Waals surface area contributed by atoms with Crippen molar-refractivity contribution in [3.63, 3.8) is 0 Å². The lowest BCUT2D eigenvalue weighted by Crippen LogP contribution is -2.43. The van der Waals surface area contributed by atoms with Gasteiger partial charge in [-0.1, -0.05) is 6.92 Å². The molecular weight excluding hydrogens is 430 g/mol. The van der Waals surface area contributed by atoms with Gasteiger partial charge in [-0.2, -0.15) is 0 Å². The number of nitrogens with one attached hydrogen (secondary N) is 1. The molecule has 112 valence electrons. The summed E-state index contributed by atoms with van der Waals surface area (Å²) in [7, 11) is 0. The molecule has 18 heavy (non-hydrogen) atoms. The molecule has 8 heteroatoms. The first-order valence-electron chi connectivity index (χ1n) is 5.68. The minimum atomic E-state index is -0.0535. The molecule has 0 bridgehead atoms. The van der Waals surface area contributed by atoms with Crippen LogP contribution in [-0.2, 0) is 0 Å². The van der Waals surface area contributed by atoms with Crippen LogP contribution >= 0.6 is 50.9 Å². The molecule has 1 aliphatic rings. The number of halogens is 3. The van der Waals surface area contributed by atoms with E-state index in [1.165, 1.54) is 30.9 Å². The molecule has 0 aromatic rings. The first-order chi connectivity index (χ1) is 7.09. The van der Waals surface area contributed by atoms with Gasteiger partial charge < -0.3 is 10.6 Å². The minimum Gasteiger partial charge on any atom is -0.369 e. The van der Waals surface area contributed by atoms with E-state index in [2.05, 4.69) is 11.8 Å². The van der Waals surface area contributed by atoms with Gasteiger partial charge >= 0.3 is 0 Å². The molecule has 5 nitrogen and oxygen atoms in total. The second-order valence-electron chi connectivity index (χ2n) is 4.46. The zero-order valence-electron chi connectivity index (χ0n) is 10.8. The van der Waals surface area contributed by atoms with Crippen LogP contribution in [0.1, 0.15) is 26.2 Å². The second-order valence-corrected chi connectivity index (χ2v) is 4.46. The third-order valence-electron chi connectivity index (χ3n) is 3.06. The number of hydrogen-bond acceptors (Lipinski definition) is 3. The predicted molar refractivity (Wildman–Crippen MR) is 93.2 cm³/mol. The summed E-state index contributed by atoms with van der Waals surface area (Å²) in [6, 6.07) is 0. The molecule has 0 aromatic carbocycles. The van der Waals surface area contributed by atoms with Crippen LogP contribution in [0.2, 0.25) is 0 Å². The lowest BCUT2D eigenvalue weighted by Gasteiger charge is -2.30. The van der Waals surface area contributed by atoms with E-state index in [1.54, 1.807) is 0 Å². The summed E-state index contributed by atoms with van der Waals surface area (Å²) in [6.45, 7) is 6.45. The molecule has 1 aliphatic heterocycles. The molecule has 0 aromatic heterocycles. The van der Waals surface area contributed by atoms with E-state index >= 15 is 0 Å². The number of hydrogen-bond donors (Lipinski definition) is 3. The van der Waals surface area contributed by atoms with Gasteiger partial charge in [0.15, 0.2) is 0 Å². The number of rotatable bonds is 4. The molecular formula is C10H26Br3N5. The van der Waals surface area contributed by atoms with Crippen LogP contribution in [-0.4, -0.2) is 42.0 Å². The number of hydrazine groups is 1. The normalized spacial score (nSPS) is 15.9. The second kappa shape index (κ2) is 12.7. The van der Waals surface area contributed by atoms with E-state index in [4.69, 9.17) is 17.0 Å². The van der Waals surface area contributed by atoms with Crippen molar-refractivity contribution in [1.82, 2.24) is 9.91 Å². The van der Waals surface area contributed by atoms with E-state index in [9.17, 15) is 0 Å². The van der Waals surface area contributed by atoms with Crippen molar-refractivity contribution < 1.29 is 0 Å². The molecule has 1 heterocycles. The van der Waals surface area contributed by atoms with Crippen LogP contribution in [0.25, 0.3) is 0 Å². The molecule has 0 spiro atoms. The zero-order chi connectivity index (χ0) is 11.3. The van der Waals surface area contributed by atoms with Crippen molar-refractivity contribution >= 4 is 56.9 Å². The summed E-state index contributed by atoms with van der Waals surface area (Å²) in [5.74, 6) is 6.35. The topological polar surface area (TPSA) is 82.4 Å². The Hall–Kier alpha value is 0.630. The Labute approximate surface area is 141 Å². The fourth-order valence-electron chi connectivity index (χ4n) is 1.87. The Balaban J connectivity index is -0.000000750. The molecule has 0 atom stereocenters. The monoisotopic (exact) mass is 453 g/mol. The standard InChI is InChI=1S/C10H23N5.3BrH/c1-9-3-7-14(8-4-9)5-2-6-15(13)10(11)12;;;/h9H,2-8,13H2,1H3,(H3,11,12);3*1H. The number of guanidine groups is 1. The fraction of sp³-hybridized carbons (Fsp3) is 0.900. The highest BCUT2D eigenvalue weighted by Crippen LogP contribution is 2.15. The largest absolute Gasteiger partial charge is 0.369 e. The number of nitrogens with two attached hydrogens (primary N) is 2. The maximum Gasteiger partial charge on any atom is 0.202 e. The number of likely N-dealkylation sites (tertiary alicyclic amines) is 1. The van der Waals surface area contributed by atoms with Crippen molar-refractivity contribution in [2.75, 3.05) is 26.2 Å². The van der Waals surface area contributed by atoms with E-state index in [0.717, 1.165) is 18.9 Å². The van der Waals surface area contributed by atoms with Crippen LogP contribution < -0.4 is 11.6 Å². The van der Waals surface area contributed by atoms with Gasteiger partial charge in [0.25, 0.3) is 0 Å². The first-order valence-corrected chi connectivity index (χ1v) is 5.68. The highest BCUT2D eigenvalue weighted by Gasteiger charge is 2.15. The predicted octanol–water partition coefficient (Wildman–Crippen LogP) is 1.91. The van der Waals surface area contributed by atoms with E-state index in [0.29, 0.717) is 6.54 Å². The van der Waals surface area contributed by atoms with Gasteiger partial charge in [0.1, 0.15) is 0 Å². The molecule has 5 N–H and O–H groups in total. The van der Waals surface area contributed by atoms with Crippen molar-refractivity contribution in [3.8, 4) is 0 Å². The summed E-state index contributed by atoms with van der Waals surface area (Å²) < 4.78 is 0. The molecule has 1 rings (SSSR count). The molecule has 0 amide bonds. The van der Waals surface area contributed by atoms with E-state index in [-0.39, 0.29) is 56.9 Å². The van der Waals surface area contributed by atoms with Crippen molar-refractivity contribution in [3.05, 3.63) is 0 Å². The minimum absolute atomic E-state index is 0. The van der Waals surface area contributed by atoms with Gasteiger partial charge in [-0.05, 0) is 44.8 Å². The Bertz CT molecular complexity index is 210. The van der Waals surface area contributed by atoms with Crippen LogP contribution in [0, 0.1) is 11.3 Å². The highest BCUT2D eigenvalue weighted by molar-refractivity contribution is 8.93. The third kappa shape index (κ3) is 9.55. The summed E-state index contributed by atoms with van der Waals surface area (Å²) in [5, 5.41) is 8.41. The summed E-state index contributed by atoms with van der Waals surface area (Å²) in [5.41, 5.74) is 5.24. The molecule has 0 saturated carbocycles. The molecule has 0 radical (unpaired) electrons. The van der Waals surface area contributed by atoms with Crippen molar-refractivity contribution in [2.24, 2.45) is 17.5 Å². The summed E-state index contributed by atoms with van der Waals surface area (Å²) in [4.78, 5) is 2.47.